The topological polar surface area (TPSA) is 17.8 Å². The van der Waals surface area contributed by atoms with Gasteiger partial charge in [0.1, 0.15) is 5.82 Å². The lowest BCUT2D eigenvalue weighted by molar-refractivity contribution is 0.633. The van der Waals surface area contributed by atoms with Crippen LogP contribution in [0, 0.1) is 0 Å². The predicted molar refractivity (Wildman–Crippen MR) is 92.3 cm³/mol. The Morgan fingerprint density at radius 3 is 2.71 bits per heavy atom. The molecule has 1 unspecified atom stereocenters. The van der Waals surface area contributed by atoms with Crippen LogP contribution in [0.2, 0.25) is 10.0 Å². The zero-order chi connectivity index (χ0) is 15.0. The maximum atomic E-state index is 6.18. The molecule has 6 heteroatoms. The van der Waals surface area contributed by atoms with Gasteiger partial charge in [-0.2, -0.15) is 0 Å². The van der Waals surface area contributed by atoms with Crippen LogP contribution in [0.1, 0.15) is 23.7 Å². The molecule has 0 saturated heterocycles. The molecule has 0 radical (unpaired) electrons. The van der Waals surface area contributed by atoms with Gasteiger partial charge in [0.2, 0.25) is 0 Å². The highest BCUT2D eigenvalue weighted by atomic mass is 35.5. The number of aromatic nitrogens is 2. The summed E-state index contributed by atoms with van der Waals surface area (Å²) in [4.78, 5) is 5.95. The van der Waals surface area contributed by atoms with Crippen LogP contribution in [-0.4, -0.2) is 15.4 Å². The van der Waals surface area contributed by atoms with Crippen molar-refractivity contribution in [2.24, 2.45) is 0 Å². The number of hydrogen-bond donors (Lipinski definition) is 0. The standard InChI is InChI=1S/C15H13Cl3N2S/c1-9(14-3-2-6-21-14)20-13-8-11(18)10(17)7-12(13)19-15(20)4-5-16/h2-3,6-9H,4-5H2,1H3. The molecule has 2 nitrogen and oxygen atoms in total. The number of thiophene rings is 1. The van der Waals surface area contributed by atoms with E-state index < -0.39 is 0 Å². The first kappa shape index (κ1) is 15.2. The molecular weight excluding hydrogens is 347 g/mol. The summed E-state index contributed by atoms with van der Waals surface area (Å²) >= 11 is 19.9. The van der Waals surface area contributed by atoms with Gasteiger partial charge in [-0.15, -0.1) is 22.9 Å². The smallest absolute Gasteiger partial charge is 0.111 e. The quantitative estimate of drug-likeness (QED) is 0.539. The lowest BCUT2D eigenvalue weighted by Crippen LogP contribution is -2.10. The van der Waals surface area contributed by atoms with Crippen molar-refractivity contribution in [1.82, 2.24) is 9.55 Å². The highest BCUT2D eigenvalue weighted by Crippen LogP contribution is 2.33. The molecule has 21 heavy (non-hydrogen) atoms. The van der Waals surface area contributed by atoms with Gasteiger partial charge in [0.25, 0.3) is 0 Å². The number of rotatable bonds is 4. The maximum Gasteiger partial charge on any atom is 0.111 e. The van der Waals surface area contributed by atoms with Crippen LogP contribution in [-0.2, 0) is 6.42 Å². The molecule has 110 valence electrons. The van der Waals surface area contributed by atoms with Gasteiger partial charge in [-0.3, -0.25) is 0 Å². The molecular formula is C15H13Cl3N2S. The zero-order valence-corrected chi connectivity index (χ0v) is 14.4. The molecule has 2 aromatic heterocycles. The average molecular weight is 360 g/mol. The zero-order valence-electron chi connectivity index (χ0n) is 11.3. The van der Waals surface area contributed by atoms with Crippen LogP contribution < -0.4 is 0 Å². The molecule has 1 atom stereocenters. The summed E-state index contributed by atoms with van der Waals surface area (Å²) in [5.74, 6) is 1.49. The van der Waals surface area contributed by atoms with Gasteiger partial charge in [-0.25, -0.2) is 4.98 Å². The molecule has 0 N–H and O–H groups in total. The Kier molecular flexibility index (Phi) is 4.46. The Labute approximate surface area is 142 Å². The van der Waals surface area contributed by atoms with Crippen LogP contribution in [0.3, 0.4) is 0 Å². The molecule has 0 aliphatic rings. The van der Waals surface area contributed by atoms with Crippen LogP contribution >= 0.6 is 46.1 Å². The number of benzene rings is 1. The van der Waals surface area contributed by atoms with Crippen LogP contribution in [0.25, 0.3) is 11.0 Å². The molecule has 3 aromatic rings. The van der Waals surface area contributed by atoms with Crippen molar-refractivity contribution in [3.63, 3.8) is 0 Å². The summed E-state index contributed by atoms with van der Waals surface area (Å²) < 4.78 is 2.20. The summed E-state index contributed by atoms with van der Waals surface area (Å²) in [6.45, 7) is 2.16. The Morgan fingerprint density at radius 2 is 2.05 bits per heavy atom. The Bertz CT molecular complexity index is 765. The molecule has 0 amide bonds. The SMILES string of the molecule is CC(c1cccs1)n1c(CCCl)nc2cc(Cl)c(Cl)cc21. The fourth-order valence-corrected chi connectivity index (χ4v) is 3.75. The fourth-order valence-electron chi connectivity index (χ4n) is 2.49. The lowest BCUT2D eigenvalue weighted by Gasteiger charge is -2.16. The molecule has 0 spiro atoms. The minimum Gasteiger partial charge on any atom is -0.320 e. The first-order valence-electron chi connectivity index (χ1n) is 6.57. The highest BCUT2D eigenvalue weighted by Gasteiger charge is 2.18. The van der Waals surface area contributed by atoms with E-state index >= 15 is 0 Å². The predicted octanol–water partition coefficient (Wildman–Crippen LogP) is 5.80. The van der Waals surface area contributed by atoms with E-state index in [0.717, 1.165) is 16.9 Å². The van der Waals surface area contributed by atoms with E-state index in [1.54, 1.807) is 11.3 Å². The van der Waals surface area contributed by atoms with Crippen molar-refractivity contribution in [2.75, 3.05) is 5.88 Å². The summed E-state index contributed by atoms with van der Waals surface area (Å²) in [6, 6.07) is 8.07. The van der Waals surface area contributed by atoms with E-state index in [4.69, 9.17) is 34.8 Å². The Morgan fingerprint density at radius 1 is 1.29 bits per heavy atom. The van der Waals surface area contributed by atoms with E-state index in [2.05, 4.69) is 34.0 Å². The van der Waals surface area contributed by atoms with Gasteiger partial charge in [0.05, 0.1) is 27.1 Å². The lowest BCUT2D eigenvalue weighted by atomic mass is 10.2. The first-order chi connectivity index (χ1) is 10.1. The minimum atomic E-state index is 0.186. The summed E-state index contributed by atoms with van der Waals surface area (Å²) in [6.07, 6.45) is 0.710. The molecule has 0 fully saturated rings. The number of alkyl halides is 1. The number of nitrogens with zero attached hydrogens (tertiary/aromatic N) is 2. The molecule has 0 aliphatic heterocycles. The summed E-state index contributed by atoms with van der Waals surface area (Å²) in [7, 11) is 0. The van der Waals surface area contributed by atoms with Crippen molar-refractivity contribution in [2.45, 2.75) is 19.4 Å². The largest absolute Gasteiger partial charge is 0.320 e. The average Bonchev–Trinajstić information content (AvgIpc) is 3.07. The first-order valence-corrected chi connectivity index (χ1v) is 8.74. The second-order valence-corrected chi connectivity index (χ2v) is 6.96. The van der Waals surface area contributed by atoms with Gasteiger partial charge in [-0.05, 0) is 30.5 Å². The van der Waals surface area contributed by atoms with Crippen molar-refractivity contribution in [1.29, 1.82) is 0 Å². The van der Waals surface area contributed by atoms with E-state index in [-0.39, 0.29) is 6.04 Å². The molecule has 0 aliphatic carbocycles. The molecule has 0 bridgehead atoms. The van der Waals surface area contributed by atoms with E-state index in [0.29, 0.717) is 22.3 Å². The number of halogens is 3. The highest BCUT2D eigenvalue weighted by molar-refractivity contribution is 7.10. The van der Waals surface area contributed by atoms with Crippen molar-refractivity contribution >= 4 is 57.2 Å². The molecule has 0 saturated carbocycles. The Hall–Kier alpha value is -0.740. The molecule has 1 aromatic carbocycles. The fraction of sp³-hybridized carbons (Fsp3) is 0.267. The number of aryl methyl sites for hydroxylation is 1. The third-order valence-electron chi connectivity index (χ3n) is 3.46. The van der Waals surface area contributed by atoms with Crippen LogP contribution in [0.4, 0.5) is 0 Å². The third kappa shape index (κ3) is 2.80. The second kappa shape index (κ2) is 6.17. The monoisotopic (exact) mass is 358 g/mol. The van der Waals surface area contributed by atoms with Crippen molar-refractivity contribution in [3.8, 4) is 0 Å². The normalized spacial score (nSPS) is 13.0. The van der Waals surface area contributed by atoms with E-state index in [1.807, 2.05) is 12.1 Å². The van der Waals surface area contributed by atoms with Gasteiger partial charge >= 0.3 is 0 Å². The van der Waals surface area contributed by atoms with Gasteiger partial charge in [-0.1, -0.05) is 29.3 Å². The number of fused-ring (bicyclic) bond motifs is 1. The van der Waals surface area contributed by atoms with Crippen LogP contribution in [0.15, 0.2) is 29.6 Å². The van der Waals surface area contributed by atoms with Crippen LogP contribution in [0.5, 0.6) is 0 Å². The minimum absolute atomic E-state index is 0.186. The summed E-state index contributed by atoms with van der Waals surface area (Å²) in [5.41, 5.74) is 1.85. The Balaban J connectivity index is 2.22. The van der Waals surface area contributed by atoms with E-state index in [1.165, 1.54) is 4.88 Å². The number of hydrogen-bond acceptors (Lipinski definition) is 2. The molecule has 2 heterocycles. The van der Waals surface area contributed by atoms with Gasteiger partial charge < -0.3 is 4.57 Å². The summed E-state index contributed by atoms with van der Waals surface area (Å²) in [5, 5.41) is 3.15. The second-order valence-electron chi connectivity index (χ2n) is 4.78. The van der Waals surface area contributed by atoms with Crippen molar-refractivity contribution < 1.29 is 0 Å². The van der Waals surface area contributed by atoms with Gasteiger partial charge in [0.15, 0.2) is 0 Å². The van der Waals surface area contributed by atoms with Gasteiger partial charge in [0, 0.05) is 17.2 Å². The van der Waals surface area contributed by atoms with Crippen molar-refractivity contribution in [3.05, 3.63) is 50.4 Å². The number of imidazole rings is 1. The third-order valence-corrected chi connectivity index (χ3v) is 5.42. The maximum absolute atomic E-state index is 6.18. The van der Waals surface area contributed by atoms with E-state index in [9.17, 15) is 0 Å². The molecule has 3 rings (SSSR count).